The van der Waals surface area contributed by atoms with Crippen LogP contribution in [0.15, 0.2) is 54.6 Å². The summed E-state index contributed by atoms with van der Waals surface area (Å²) in [5.41, 5.74) is 7.65. The van der Waals surface area contributed by atoms with E-state index in [1.165, 1.54) is 27.5 Å². The summed E-state index contributed by atoms with van der Waals surface area (Å²) in [4.78, 5) is 12.6. The Bertz CT molecular complexity index is 1150. The molecule has 1 aromatic heterocycles. The first-order valence-electron chi connectivity index (χ1n) is 7.10. The van der Waals surface area contributed by atoms with Crippen molar-refractivity contribution >= 4 is 27.6 Å². The van der Waals surface area contributed by atoms with Crippen LogP contribution in [0, 0.1) is 0 Å². The molecule has 0 saturated carbocycles. The second-order valence-electron chi connectivity index (χ2n) is 5.80. The van der Waals surface area contributed by atoms with E-state index in [0.717, 1.165) is 22.3 Å². The Morgan fingerprint density at radius 2 is 1.57 bits per heavy atom. The van der Waals surface area contributed by atoms with Crippen molar-refractivity contribution in [1.82, 2.24) is 4.57 Å². The molecule has 0 amide bonds. The smallest absolute Gasteiger partial charge is 0.194 e. The van der Waals surface area contributed by atoms with Crippen LogP contribution in [0.3, 0.4) is 0 Å². The normalized spacial score (nSPS) is 13.8. The highest BCUT2D eigenvalue weighted by atomic mass is 16.1. The van der Waals surface area contributed by atoms with Gasteiger partial charge in [-0.15, -0.1) is 0 Å². The van der Waals surface area contributed by atoms with Gasteiger partial charge in [-0.3, -0.25) is 4.79 Å². The van der Waals surface area contributed by atoms with Crippen LogP contribution >= 0.6 is 0 Å². The van der Waals surface area contributed by atoms with Gasteiger partial charge in [-0.25, -0.2) is 0 Å². The van der Waals surface area contributed by atoms with Crippen LogP contribution in [0.5, 0.6) is 0 Å². The zero-order valence-electron chi connectivity index (χ0n) is 11.1. The van der Waals surface area contributed by atoms with Crippen LogP contribution in [0.2, 0.25) is 0 Å². The van der Waals surface area contributed by atoms with Gasteiger partial charge in [0.25, 0.3) is 0 Å². The summed E-state index contributed by atoms with van der Waals surface area (Å²) < 4.78 is 2.29. The lowest BCUT2D eigenvalue weighted by molar-refractivity contribution is 0.104. The first-order chi connectivity index (χ1) is 10.3. The molecule has 1 aliphatic heterocycles. The molecule has 2 heterocycles. The summed E-state index contributed by atoms with van der Waals surface area (Å²) in [6.45, 7) is 0. The van der Waals surface area contributed by atoms with E-state index in [-0.39, 0.29) is 5.78 Å². The summed E-state index contributed by atoms with van der Waals surface area (Å²) >= 11 is 0. The minimum absolute atomic E-state index is 0.153. The van der Waals surface area contributed by atoms with E-state index < -0.39 is 0 Å². The van der Waals surface area contributed by atoms with E-state index in [4.69, 9.17) is 0 Å². The molecular formula is C19H9NO. The van der Waals surface area contributed by atoms with Gasteiger partial charge in [0.2, 0.25) is 0 Å². The molecule has 2 nitrogen and oxygen atoms in total. The number of hydrogen-bond acceptors (Lipinski definition) is 1. The number of nitrogens with zero attached hydrogens (tertiary/aromatic N) is 1. The SMILES string of the molecule is O=C1c2ccccc2-c2cc3c(cc21)c1cccc2c1n3-2. The van der Waals surface area contributed by atoms with Gasteiger partial charge in [-0.05, 0) is 29.3 Å². The number of rotatable bonds is 0. The van der Waals surface area contributed by atoms with Crippen LogP contribution in [-0.2, 0) is 0 Å². The molecule has 0 unspecified atom stereocenters. The lowest BCUT2D eigenvalue weighted by atomic mass is 10.0. The number of pyridine rings is 1. The van der Waals surface area contributed by atoms with Crippen molar-refractivity contribution in [3.05, 3.63) is 65.7 Å². The van der Waals surface area contributed by atoms with E-state index in [2.05, 4.69) is 34.9 Å². The van der Waals surface area contributed by atoms with Crippen molar-refractivity contribution in [2.24, 2.45) is 0 Å². The van der Waals surface area contributed by atoms with Gasteiger partial charge in [0.05, 0.1) is 16.7 Å². The second-order valence-corrected chi connectivity index (χ2v) is 5.80. The van der Waals surface area contributed by atoms with Crippen LogP contribution in [0.1, 0.15) is 15.9 Å². The Hall–Kier alpha value is -2.87. The van der Waals surface area contributed by atoms with Crippen LogP contribution < -0.4 is 0 Å². The average Bonchev–Trinajstić information content (AvgIpc) is 3.08. The number of fused-ring (bicyclic) bond motifs is 7. The number of para-hydroxylation sites is 1. The molecule has 96 valence electrons. The average molecular weight is 267 g/mol. The number of aromatic nitrogens is 1. The lowest BCUT2D eigenvalue weighted by Gasteiger charge is -2.03. The molecule has 6 rings (SSSR count). The molecule has 0 N–H and O–H groups in total. The van der Waals surface area contributed by atoms with Gasteiger partial charge in [0.1, 0.15) is 0 Å². The fourth-order valence-corrected chi connectivity index (χ4v) is 3.83. The van der Waals surface area contributed by atoms with Crippen molar-refractivity contribution in [3.8, 4) is 16.8 Å². The predicted molar refractivity (Wildman–Crippen MR) is 83.2 cm³/mol. The fraction of sp³-hybridized carbons (Fsp3) is 0. The van der Waals surface area contributed by atoms with Crippen molar-refractivity contribution in [1.29, 1.82) is 0 Å². The molecule has 3 aromatic carbocycles. The molecule has 1 aliphatic carbocycles. The number of carbonyl (C=O) groups is 1. The molecule has 0 atom stereocenters. The van der Waals surface area contributed by atoms with Crippen LogP contribution in [-0.4, -0.2) is 10.4 Å². The Morgan fingerprint density at radius 1 is 0.714 bits per heavy atom. The second kappa shape index (κ2) is 2.91. The quantitative estimate of drug-likeness (QED) is 0.402. The summed E-state index contributed by atoms with van der Waals surface area (Å²) in [6, 6.07) is 18.5. The molecule has 0 radical (unpaired) electrons. The minimum Gasteiger partial charge on any atom is -0.305 e. The maximum absolute atomic E-state index is 12.6. The molecule has 0 bridgehead atoms. The van der Waals surface area contributed by atoms with E-state index in [9.17, 15) is 4.79 Å². The largest absolute Gasteiger partial charge is 0.305 e. The molecule has 0 fully saturated rings. The topological polar surface area (TPSA) is 22.0 Å². The predicted octanol–water partition coefficient (Wildman–Crippen LogP) is 4.31. The maximum Gasteiger partial charge on any atom is 0.194 e. The Kier molecular flexibility index (Phi) is 1.38. The van der Waals surface area contributed by atoms with E-state index in [0.29, 0.717) is 0 Å². The zero-order chi connectivity index (χ0) is 13.7. The molecule has 4 aromatic rings. The van der Waals surface area contributed by atoms with Crippen LogP contribution in [0.4, 0.5) is 0 Å². The molecule has 21 heavy (non-hydrogen) atoms. The summed E-state index contributed by atoms with van der Waals surface area (Å²) in [5, 5.41) is 2.45. The van der Waals surface area contributed by atoms with Gasteiger partial charge < -0.3 is 4.57 Å². The minimum atomic E-state index is 0.153. The highest BCUT2D eigenvalue weighted by Crippen LogP contribution is 2.47. The van der Waals surface area contributed by atoms with Crippen molar-refractivity contribution in [2.75, 3.05) is 0 Å². The molecule has 0 spiro atoms. The van der Waals surface area contributed by atoms with Gasteiger partial charge >= 0.3 is 0 Å². The fourth-order valence-electron chi connectivity index (χ4n) is 3.83. The lowest BCUT2D eigenvalue weighted by Crippen LogP contribution is -1.94. The summed E-state index contributed by atoms with van der Waals surface area (Å²) in [7, 11) is 0. The first kappa shape index (κ1) is 9.94. The molecule has 2 aliphatic rings. The Morgan fingerprint density at radius 3 is 2.48 bits per heavy atom. The van der Waals surface area contributed by atoms with Crippen molar-refractivity contribution < 1.29 is 4.79 Å². The summed E-state index contributed by atoms with van der Waals surface area (Å²) in [5.74, 6) is 0.153. The van der Waals surface area contributed by atoms with Gasteiger partial charge in [0, 0.05) is 21.9 Å². The standard InChI is InChI=1S/C19H9NO/c21-19-12-5-2-1-4-10(12)13-9-17-14(8-15(13)19)11-6-3-7-16-18(11)20(16)17/h1-9H. The van der Waals surface area contributed by atoms with E-state index in [1.54, 1.807) is 0 Å². The third-order valence-electron chi connectivity index (χ3n) is 4.80. The van der Waals surface area contributed by atoms with E-state index >= 15 is 0 Å². The maximum atomic E-state index is 12.6. The van der Waals surface area contributed by atoms with Crippen molar-refractivity contribution in [2.45, 2.75) is 0 Å². The van der Waals surface area contributed by atoms with Gasteiger partial charge in [-0.1, -0.05) is 36.4 Å². The number of benzene rings is 3. The van der Waals surface area contributed by atoms with Crippen LogP contribution in [0.25, 0.3) is 38.6 Å². The number of ketones is 1. The first-order valence-corrected chi connectivity index (χ1v) is 7.10. The molecule has 2 heteroatoms. The monoisotopic (exact) mass is 267 g/mol. The Labute approximate surface area is 120 Å². The number of carbonyl (C=O) groups excluding carboxylic acids is 1. The van der Waals surface area contributed by atoms with E-state index in [1.807, 2.05) is 24.3 Å². The van der Waals surface area contributed by atoms with Gasteiger partial charge in [0.15, 0.2) is 5.78 Å². The Balaban J connectivity index is 1.81. The third-order valence-corrected chi connectivity index (χ3v) is 4.80. The third kappa shape index (κ3) is 0.953. The molecule has 0 saturated heterocycles. The summed E-state index contributed by atoms with van der Waals surface area (Å²) in [6.07, 6.45) is 0. The number of hydrogen-bond donors (Lipinski definition) is 0. The highest BCUT2D eigenvalue weighted by Gasteiger charge is 2.31. The molecular weight excluding hydrogens is 258 g/mol. The van der Waals surface area contributed by atoms with Crippen molar-refractivity contribution in [3.63, 3.8) is 0 Å². The highest BCUT2D eigenvalue weighted by molar-refractivity contribution is 6.26. The van der Waals surface area contributed by atoms with Gasteiger partial charge in [-0.2, -0.15) is 0 Å². The zero-order valence-corrected chi connectivity index (χ0v) is 11.1.